The lowest BCUT2D eigenvalue weighted by Gasteiger charge is -2.00. The molecule has 0 spiro atoms. The third-order valence-corrected chi connectivity index (χ3v) is 2.90. The van der Waals surface area contributed by atoms with Crippen molar-refractivity contribution in [2.24, 2.45) is 0 Å². The van der Waals surface area contributed by atoms with Crippen LogP contribution in [0.1, 0.15) is 5.01 Å². The van der Waals surface area contributed by atoms with Gasteiger partial charge in [-0.05, 0) is 47.7 Å². The molecule has 3 nitrogen and oxygen atoms in total. The Morgan fingerprint density at radius 1 is 1.36 bits per heavy atom. The van der Waals surface area contributed by atoms with Crippen LogP contribution in [0.3, 0.4) is 0 Å². The Bertz CT molecular complexity index is 444. The number of rotatable bonds is 2. The lowest BCUT2D eigenvalue weighted by Crippen LogP contribution is -1.83. The van der Waals surface area contributed by atoms with Gasteiger partial charge >= 0.3 is 0 Å². The van der Waals surface area contributed by atoms with Crippen LogP contribution in [0.5, 0.6) is 10.9 Å². The molecule has 0 fully saturated rings. The highest BCUT2D eigenvalue weighted by Gasteiger charge is 2.02. The second-order valence-electron chi connectivity index (χ2n) is 2.65. The zero-order valence-electron chi connectivity index (χ0n) is 7.40. The fourth-order valence-corrected chi connectivity index (χ4v) is 2.02. The summed E-state index contributed by atoms with van der Waals surface area (Å²) in [6.45, 7) is 1.90. The SMILES string of the molecule is Cc1nnc(Oc2cccc(I)c2)s1. The highest BCUT2D eigenvalue weighted by molar-refractivity contribution is 14.1. The summed E-state index contributed by atoms with van der Waals surface area (Å²) in [5, 5.41) is 9.26. The van der Waals surface area contributed by atoms with Gasteiger partial charge in [0.2, 0.25) is 0 Å². The third-order valence-electron chi connectivity index (χ3n) is 1.51. The van der Waals surface area contributed by atoms with Crippen LogP contribution in [0.4, 0.5) is 0 Å². The van der Waals surface area contributed by atoms with Crippen molar-refractivity contribution in [2.45, 2.75) is 6.92 Å². The molecule has 0 aliphatic rings. The van der Waals surface area contributed by atoms with E-state index in [1.165, 1.54) is 11.3 Å². The molecule has 1 aromatic heterocycles. The second-order valence-corrected chi connectivity index (χ2v) is 5.04. The zero-order chi connectivity index (χ0) is 9.97. The highest BCUT2D eigenvalue weighted by Crippen LogP contribution is 2.25. The molecule has 2 rings (SSSR count). The van der Waals surface area contributed by atoms with Crippen molar-refractivity contribution in [1.82, 2.24) is 10.2 Å². The van der Waals surface area contributed by atoms with E-state index in [0.29, 0.717) is 5.19 Å². The molecule has 2 aromatic rings. The molecule has 0 N–H and O–H groups in total. The van der Waals surface area contributed by atoms with E-state index in [9.17, 15) is 0 Å². The van der Waals surface area contributed by atoms with Gasteiger partial charge in [0.25, 0.3) is 5.19 Å². The Kier molecular flexibility index (Phi) is 2.97. The van der Waals surface area contributed by atoms with Gasteiger partial charge in [0.05, 0.1) is 0 Å². The number of benzene rings is 1. The van der Waals surface area contributed by atoms with E-state index in [1.807, 2.05) is 31.2 Å². The summed E-state index contributed by atoms with van der Waals surface area (Å²) in [4.78, 5) is 0. The summed E-state index contributed by atoms with van der Waals surface area (Å²) in [5.74, 6) is 0.799. The standard InChI is InChI=1S/C9H7IN2OS/c1-6-11-12-9(14-6)13-8-4-2-3-7(10)5-8/h2-5H,1H3. The van der Waals surface area contributed by atoms with Crippen LogP contribution in [0.2, 0.25) is 0 Å². The minimum atomic E-state index is 0.588. The van der Waals surface area contributed by atoms with Gasteiger partial charge in [-0.15, -0.1) is 5.10 Å². The highest BCUT2D eigenvalue weighted by atomic mass is 127. The Hall–Kier alpha value is -0.690. The molecule has 1 aromatic carbocycles. The summed E-state index contributed by atoms with van der Waals surface area (Å²) in [7, 11) is 0. The first-order valence-corrected chi connectivity index (χ1v) is 5.87. The number of aryl methyl sites for hydroxylation is 1. The molecule has 0 saturated carbocycles. The molecule has 1 heterocycles. The van der Waals surface area contributed by atoms with Crippen molar-refractivity contribution in [3.05, 3.63) is 32.8 Å². The summed E-state index contributed by atoms with van der Waals surface area (Å²) in [6.07, 6.45) is 0. The maximum Gasteiger partial charge on any atom is 0.299 e. The number of nitrogens with zero attached hydrogens (tertiary/aromatic N) is 2. The van der Waals surface area contributed by atoms with E-state index in [1.54, 1.807) is 0 Å². The van der Waals surface area contributed by atoms with Gasteiger partial charge in [-0.1, -0.05) is 22.5 Å². The summed E-state index contributed by atoms with van der Waals surface area (Å²) in [5.41, 5.74) is 0. The number of hydrogen-bond acceptors (Lipinski definition) is 4. The predicted octanol–water partition coefficient (Wildman–Crippen LogP) is 3.24. The van der Waals surface area contributed by atoms with Crippen LogP contribution in [0.15, 0.2) is 24.3 Å². The van der Waals surface area contributed by atoms with Crippen LogP contribution in [-0.4, -0.2) is 10.2 Å². The lowest BCUT2D eigenvalue weighted by atomic mass is 10.3. The first kappa shape index (κ1) is 9.85. The maximum atomic E-state index is 5.52. The van der Waals surface area contributed by atoms with Gasteiger partial charge in [0.1, 0.15) is 10.8 Å². The third kappa shape index (κ3) is 2.42. The predicted molar refractivity (Wildman–Crippen MR) is 63.9 cm³/mol. The molecule has 0 aliphatic carbocycles. The minimum absolute atomic E-state index is 0.588. The Balaban J connectivity index is 2.18. The minimum Gasteiger partial charge on any atom is -0.430 e. The monoisotopic (exact) mass is 318 g/mol. The molecule has 0 saturated heterocycles. The van der Waals surface area contributed by atoms with Crippen LogP contribution in [0, 0.1) is 10.5 Å². The normalized spacial score (nSPS) is 10.1. The number of aromatic nitrogens is 2. The largest absolute Gasteiger partial charge is 0.430 e. The molecular weight excluding hydrogens is 311 g/mol. The smallest absolute Gasteiger partial charge is 0.299 e. The molecule has 0 bridgehead atoms. The fourth-order valence-electron chi connectivity index (χ4n) is 0.951. The summed E-state index contributed by atoms with van der Waals surface area (Å²) in [6, 6.07) is 7.82. The second kappa shape index (κ2) is 4.22. The van der Waals surface area contributed by atoms with Crippen molar-refractivity contribution in [3.8, 4) is 10.9 Å². The Morgan fingerprint density at radius 3 is 2.86 bits per heavy atom. The maximum absolute atomic E-state index is 5.52. The average molecular weight is 318 g/mol. The van der Waals surface area contributed by atoms with Crippen molar-refractivity contribution in [2.75, 3.05) is 0 Å². The first-order chi connectivity index (χ1) is 6.74. The molecule has 72 valence electrons. The average Bonchev–Trinajstić information content (AvgIpc) is 2.51. The molecule has 0 radical (unpaired) electrons. The van der Waals surface area contributed by atoms with Gasteiger partial charge in [-0.2, -0.15) is 0 Å². The van der Waals surface area contributed by atoms with E-state index in [4.69, 9.17) is 4.74 Å². The van der Waals surface area contributed by atoms with E-state index in [0.717, 1.165) is 14.3 Å². The van der Waals surface area contributed by atoms with Gasteiger partial charge < -0.3 is 4.74 Å². The van der Waals surface area contributed by atoms with Crippen molar-refractivity contribution in [1.29, 1.82) is 0 Å². The number of hydrogen-bond donors (Lipinski definition) is 0. The zero-order valence-corrected chi connectivity index (χ0v) is 10.4. The lowest BCUT2D eigenvalue weighted by molar-refractivity contribution is 0.473. The van der Waals surface area contributed by atoms with Gasteiger partial charge in [-0.25, -0.2) is 0 Å². The number of ether oxygens (including phenoxy) is 1. The fraction of sp³-hybridized carbons (Fsp3) is 0.111. The van der Waals surface area contributed by atoms with Crippen molar-refractivity contribution in [3.63, 3.8) is 0 Å². The summed E-state index contributed by atoms with van der Waals surface area (Å²) >= 11 is 3.68. The molecule has 0 aliphatic heterocycles. The van der Waals surface area contributed by atoms with E-state index in [2.05, 4.69) is 32.8 Å². The molecule has 5 heteroatoms. The van der Waals surface area contributed by atoms with Crippen LogP contribution < -0.4 is 4.74 Å². The van der Waals surface area contributed by atoms with E-state index in [-0.39, 0.29) is 0 Å². The Morgan fingerprint density at radius 2 is 2.21 bits per heavy atom. The molecule has 0 amide bonds. The molecular formula is C9H7IN2OS. The molecule has 0 unspecified atom stereocenters. The van der Waals surface area contributed by atoms with Gasteiger partial charge in [0.15, 0.2) is 0 Å². The molecule has 14 heavy (non-hydrogen) atoms. The van der Waals surface area contributed by atoms with Crippen LogP contribution >= 0.6 is 33.9 Å². The van der Waals surface area contributed by atoms with Crippen LogP contribution in [0.25, 0.3) is 0 Å². The van der Waals surface area contributed by atoms with E-state index < -0.39 is 0 Å². The first-order valence-electron chi connectivity index (χ1n) is 3.97. The van der Waals surface area contributed by atoms with Crippen molar-refractivity contribution >= 4 is 33.9 Å². The van der Waals surface area contributed by atoms with Gasteiger partial charge in [0, 0.05) is 3.57 Å². The topological polar surface area (TPSA) is 35.0 Å². The van der Waals surface area contributed by atoms with Gasteiger partial charge in [-0.3, -0.25) is 0 Å². The quantitative estimate of drug-likeness (QED) is 0.798. The summed E-state index contributed by atoms with van der Waals surface area (Å²) < 4.78 is 6.66. The van der Waals surface area contributed by atoms with E-state index >= 15 is 0 Å². The van der Waals surface area contributed by atoms with Crippen LogP contribution in [-0.2, 0) is 0 Å². The molecule has 0 atom stereocenters. The number of halogens is 1. The Labute approximate surface area is 99.3 Å². The van der Waals surface area contributed by atoms with Crippen molar-refractivity contribution < 1.29 is 4.74 Å².